The van der Waals surface area contributed by atoms with Gasteiger partial charge in [0.25, 0.3) is 0 Å². The Balaban J connectivity index is 2.29. The molecule has 0 amide bonds. The van der Waals surface area contributed by atoms with Crippen molar-refractivity contribution in [3.63, 3.8) is 0 Å². The maximum Gasteiger partial charge on any atom is 0.246 e. The molecule has 0 unspecified atom stereocenters. The van der Waals surface area contributed by atoms with Crippen LogP contribution in [-0.4, -0.2) is 37.9 Å². The Labute approximate surface area is 144 Å². The second kappa shape index (κ2) is 8.26. The zero-order valence-electron chi connectivity index (χ0n) is 14.4. The van der Waals surface area contributed by atoms with Gasteiger partial charge in [0.15, 0.2) is 0 Å². The first-order valence-corrected chi connectivity index (χ1v) is 9.52. The summed E-state index contributed by atoms with van der Waals surface area (Å²) in [6.07, 6.45) is 4.85. The van der Waals surface area contributed by atoms with Crippen LogP contribution < -0.4 is 4.74 Å². The Kier molecular flexibility index (Phi) is 6.34. The molecule has 1 aromatic carbocycles. The van der Waals surface area contributed by atoms with Crippen molar-refractivity contribution in [1.82, 2.24) is 9.29 Å². The molecule has 0 fully saturated rings. The number of methoxy groups -OCH3 is 1. The van der Waals surface area contributed by atoms with Crippen molar-refractivity contribution in [2.75, 3.05) is 20.2 Å². The third-order valence-corrected chi connectivity index (χ3v) is 6.00. The lowest BCUT2D eigenvalue weighted by Crippen LogP contribution is -2.33. The van der Waals surface area contributed by atoms with Gasteiger partial charge in [0.1, 0.15) is 10.6 Å². The van der Waals surface area contributed by atoms with E-state index in [9.17, 15) is 8.42 Å². The Hall–Kier alpha value is -1.92. The van der Waals surface area contributed by atoms with E-state index >= 15 is 0 Å². The van der Waals surface area contributed by atoms with Crippen molar-refractivity contribution < 1.29 is 13.2 Å². The highest BCUT2D eigenvalue weighted by Gasteiger charge is 2.26. The largest absolute Gasteiger partial charge is 0.495 e. The monoisotopic (exact) mass is 348 g/mol. The standard InChI is InChI=1S/C18H24N2O3S/c1-4-15-6-7-17(23-3)18(14-15)24(21,22)20(5-2)13-10-16-8-11-19-12-9-16/h6-9,11-12,14H,4-5,10,13H2,1-3H3. The number of rotatable bonds is 8. The van der Waals surface area contributed by atoms with Gasteiger partial charge in [-0.3, -0.25) is 4.98 Å². The molecule has 5 nitrogen and oxygen atoms in total. The smallest absolute Gasteiger partial charge is 0.246 e. The van der Waals surface area contributed by atoms with Crippen molar-refractivity contribution in [2.24, 2.45) is 0 Å². The summed E-state index contributed by atoms with van der Waals surface area (Å²) in [4.78, 5) is 4.22. The molecule has 0 saturated carbocycles. The van der Waals surface area contributed by atoms with Crippen LogP contribution in [0.1, 0.15) is 25.0 Å². The molecule has 0 N–H and O–H groups in total. The van der Waals surface area contributed by atoms with Gasteiger partial charge in [-0.1, -0.05) is 19.9 Å². The minimum Gasteiger partial charge on any atom is -0.495 e. The number of sulfonamides is 1. The highest BCUT2D eigenvalue weighted by Crippen LogP contribution is 2.28. The Morgan fingerprint density at radius 3 is 2.38 bits per heavy atom. The first-order valence-electron chi connectivity index (χ1n) is 8.08. The molecule has 1 heterocycles. The van der Waals surface area contributed by atoms with Gasteiger partial charge in [0, 0.05) is 25.5 Å². The fourth-order valence-electron chi connectivity index (χ4n) is 2.53. The number of hydrogen-bond acceptors (Lipinski definition) is 4. The molecule has 6 heteroatoms. The number of hydrogen-bond donors (Lipinski definition) is 0. The van der Waals surface area contributed by atoms with Crippen LogP contribution in [-0.2, 0) is 22.9 Å². The van der Waals surface area contributed by atoms with Crippen molar-refractivity contribution >= 4 is 10.0 Å². The van der Waals surface area contributed by atoms with Crippen LogP contribution in [0.4, 0.5) is 0 Å². The fourth-order valence-corrected chi connectivity index (χ4v) is 4.19. The number of pyridine rings is 1. The average Bonchev–Trinajstić information content (AvgIpc) is 2.62. The van der Waals surface area contributed by atoms with E-state index < -0.39 is 10.0 Å². The summed E-state index contributed by atoms with van der Waals surface area (Å²) in [6, 6.07) is 9.13. The SMILES string of the molecule is CCc1ccc(OC)c(S(=O)(=O)N(CC)CCc2ccncc2)c1. The Morgan fingerprint density at radius 1 is 1.08 bits per heavy atom. The number of aryl methyl sites for hydroxylation is 1. The van der Waals surface area contributed by atoms with Crippen molar-refractivity contribution in [3.05, 3.63) is 53.9 Å². The topological polar surface area (TPSA) is 59.5 Å². The van der Waals surface area contributed by atoms with Crippen LogP contribution in [0.5, 0.6) is 5.75 Å². The summed E-state index contributed by atoms with van der Waals surface area (Å²) in [6.45, 7) is 4.68. The minimum absolute atomic E-state index is 0.237. The van der Waals surface area contributed by atoms with Gasteiger partial charge >= 0.3 is 0 Å². The van der Waals surface area contributed by atoms with Gasteiger partial charge in [0.05, 0.1) is 7.11 Å². The van der Waals surface area contributed by atoms with Crippen molar-refractivity contribution in [2.45, 2.75) is 31.6 Å². The predicted octanol–water partition coefficient (Wildman–Crippen LogP) is 2.91. The third kappa shape index (κ3) is 4.13. The number of benzene rings is 1. The average molecular weight is 348 g/mol. The first-order chi connectivity index (χ1) is 11.5. The summed E-state index contributed by atoms with van der Waals surface area (Å²) in [5.41, 5.74) is 2.03. The second-order valence-corrected chi connectivity index (χ2v) is 7.35. The lowest BCUT2D eigenvalue weighted by molar-refractivity contribution is 0.393. The van der Waals surface area contributed by atoms with Gasteiger partial charge < -0.3 is 4.74 Å². The highest BCUT2D eigenvalue weighted by atomic mass is 32.2. The van der Waals surface area contributed by atoms with Crippen LogP contribution in [0.3, 0.4) is 0 Å². The molecule has 0 radical (unpaired) electrons. The van der Waals surface area contributed by atoms with Crippen LogP contribution in [0, 0.1) is 0 Å². The van der Waals surface area contributed by atoms with Crippen molar-refractivity contribution in [3.8, 4) is 5.75 Å². The van der Waals surface area contributed by atoms with E-state index in [0.717, 1.165) is 17.5 Å². The number of aromatic nitrogens is 1. The molecule has 0 bridgehead atoms. The normalized spacial score (nSPS) is 11.7. The zero-order chi connectivity index (χ0) is 17.6. The van der Waals surface area contributed by atoms with Gasteiger partial charge in [0.2, 0.25) is 10.0 Å². The Morgan fingerprint density at radius 2 is 1.79 bits per heavy atom. The second-order valence-electron chi connectivity index (χ2n) is 5.44. The zero-order valence-corrected chi connectivity index (χ0v) is 15.2. The van der Waals surface area contributed by atoms with E-state index in [4.69, 9.17) is 4.74 Å². The van der Waals surface area contributed by atoms with Crippen LogP contribution >= 0.6 is 0 Å². The van der Waals surface area contributed by atoms with E-state index in [0.29, 0.717) is 25.3 Å². The van der Waals surface area contributed by atoms with Crippen molar-refractivity contribution in [1.29, 1.82) is 0 Å². The van der Waals surface area contributed by atoms with Crippen LogP contribution in [0.15, 0.2) is 47.6 Å². The number of ether oxygens (including phenoxy) is 1. The summed E-state index contributed by atoms with van der Waals surface area (Å²) in [5, 5.41) is 0. The Bertz CT molecular complexity index is 761. The number of likely N-dealkylation sites (N-methyl/N-ethyl adjacent to an activating group) is 1. The van der Waals surface area contributed by atoms with Crippen LogP contribution in [0.25, 0.3) is 0 Å². The first kappa shape index (κ1) is 18.4. The predicted molar refractivity (Wildman–Crippen MR) is 94.7 cm³/mol. The summed E-state index contributed by atoms with van der Waals surface area (Å²) in [7, 11) is -2.11. The molecule has 0 saturated heterocycles. The van der Waals surface area contributed by atoms with Gasteiger partial charge in [-0.05, 0) is 48.2 Å². The molecule has 0 aliphatic rings. The summed E-state index contributed by atoms with van der Waals surface area (Å²) >= 11 is 0. The molecule has 2 aromatic rings. The van der Waals surface area contributed by atoms with Crippen LogP contribution in [0.2, 0.25) is 0 Å². The molecule has 0 aliphatic heterocycles. The van der Waals surface area contributed by atoms with Gasteiger partial charge in [-0.15, -0.1) is 0 Å². The van der Waals surface area contributed by atoms with Gasteiger partial charge in [-0.2, -0.15) is 4.31 Å². The lowest BCUT2D eigenvalue weighted by Gasteiger charge is -2.22. The summed E-state index contributed by atoms with van der Waals surface area (Å²) < 4.78 is 32.9. The lowest BCUT2D eigenvalue weighted by atomic mass is 10.2. The quantitative estimate of drug-likeness (QED) is 0.736. The van der Waals surface area contributed by atoms with E-state index in [1.54, 1.807) is 24.5 Å². The number of nitrogens with zero attached hydrogens (tertiary/aromatic N) is 2. The maximum atomic E-state index is 13.1. The molecule has 130 valence electrons. The molecular formula is C18H24N2O3S. The maximum absolute atomic E-state index is 13.1. The highest BCUT2D eigenvalue weighted by molar-refractivity contribution is 7.89. The molecule has 0 atom stereocenters. The molecule has 0 spiro atoms. The molecule has 2 rings (SSSR count). The molecule has 0 aliphatic carbocycles. The van der Waals surface area contributed by atoms with E-state index in [2.05, 4.69) is 4.98 Å². The fraction of sp³-hybridized carbons (Fsp3) is 0.389. The van der Waals surface area contributed by atoms with Gasteiger partial charge in [-0.25, -0.2) is 8.42 Å². The van der Waals surface area contributed by atoms with E-state index in [-0.39, 0.29) is 4.90 Å². The molecule has 1 aromatic heterocycles. The minimum atomic E-state index is -3.60. The molecule has 24 heavy (non-hydrogen) atoms. The van der Waals surface area contributed by atoms with E-state index in [1.807, 2.05) is 32.0 Å². The third-order valence-electron chi connectivity index (χ3n) is 4.01. The molecular weight excluding hydrogens is 324 g/mol. The summed E-state index contributed by atoms with van der Waals surface area (Å²) in [5.74, 6) is 0.384. The van der Waals surface area contributed by atoms with E-state index in [1.165, 1.54) is 11.4 Å².